The highest BCUT2D eigenvalue weighted by Gasteiger charge is 2.23. The van der Waals surface area contributed by atoms with Crippen molar-refractivity contribution in [2.75, 3.05) is 6.54 Å². The van der Waals surface area contributed by atoms with Gasteiger partial charge in [0.1, 0.15) is 0 Å². The zero-order valence-corrected chi connectivity index (χ0v) is 12.8. The highest BCUT2D eigenvalue weighted by molar-refractivity contribution is 6.35. The predicted molar refractivity (Wildman–Crippen MR) is 84.7 cm³/mol. The summed E-state index contributed by atoms with van der Waals surface area (Å²) in [5.41, 5.74) is 7.33. The van der Waals surface area contributed by atoms with Crippen LogP contribution < -0.4 is 5.73 Å². The first-order chi connectivity index (χ1) is 9.52. The quantitative estimate of drug-likeness (QED) is 0.871. The lowest BCUT2D eigenvalue weighted by Gasteiger charge is -2.23. The first-order valence-electron chi connectivity index (χ1n) is 6.11. The van der Waals surface area contributed by atoms with Crippen LogP contribution in [0.1, 0.15) is 23.1 Å². The van der Waals surface area contributed by atoms with Crippen LogP contribution in [-0.4, -0.2) is 11.7 Å². The molecule has 0 saturated heterocycles. The van der Waals surface area contributed by atoms with E-state index in [9.17, 15) is 5.11 Å². The molecular weight excluding hydrogens is 317 g/mol. The molecule has 2 aromatic rings. The Balaban J connectivity index is 2.33. The van der Waals surface area contributed by atoms with Crippen molar-refractivity contribution in [3.63, 3.8) is 0 Å². The van der Waals surface area contributed by atoms with Crippen LogP contribution in [-0.2, 0) is 0 Å². The van der Waals surface area contributed by atoms with Crippen molar-refractivity contribution < 1.29 is 5.11 Å². The number of aliphatic hydroxyl groups is 1. The molecule has 0 fully saturated rings. The highest BCUT2D eigenvalue weighted by atomic mass is 35.5. The summed E-state index contributed by atoms with van der Waals surface area (Å²) in [7, 11) is 0. The normalized spacial score (nSPS) is 14.1. The van der Waals surface area contributed by atoms with E-state index < -0.39 is 6.10 Å². The molecule has 0 aliphatic rings. The Bertz CT molecular complexity index is 586. The van der Waals surface area contributed by atoms with Gasteiger partial charge in [-0.2, -0.15) is 0 Å². The van der Waals surface area contributed by atoms with Gasteiger partial charge in [0.05, 0.1) is 6.10 Å². The van der Waals surface area contributed by atoms with Gasteiger partial charge >= 0.3 is 0 Å². The fourth-order valence-electron chi connectivity index (χ4n) is 2.12. The third-order valence-corrected chi connectivity index (χ3v) is 4.02. The molecule has 0 radical (unpaired) electrons. The molecule has 2 unspecified atom stereocenters. The number of aliphatic hydroxyl groups excluding tert-OH is 1. The van der Waals surface area contributed by atoms with Gasteiger partial charge in [0.2, 0.25) is 0 Å². The summed E-state index contributed by atoms with van der Waals surface area (Å²) in [6.45, 7) is 0.269. The number of rotatable bonds is 4. The van der Waals surface area contributed by atoms with Crippen LogP contribution in [0.25, 0.3) is 0 Å². The molecule has 0 bridgehead atoms. The van der Waals surface area contributed by atoms with Crippen molar-refractivity contribution in [3.8, 4) is 0 Å². The zero-order valence-electron chi connectivity index (χ0n) is 10.6. The minimum atomic E-state index is -0.754. The molecule has 2 rings (SSSR count). The molecule has 106 valence electrons. The second-order valence-electron chi connectivity index (χ2n) is 4.50. The van der Waals surface area contributed by atoms with E-state index in [-0.39, 0.29) is 12.5 Å². The Morgan fingerprint density at radius 3 is 2.10 bits per heavy atom. The Kier molecular flexibility index (Phi) is 5.30. The molecule has 0 spiro atoms. The second kappa shape index (κ2) is 6.79. The first-order valence-corrected chi connectivity index (χ1v) is 7.25. The van der Waals surface area contributed by atoms with Gasteiger partial charge in [-0.15, -0.1) is 0 Å². The van der Waals surface area contributed by atoms with Gasteiger partial charge in [0, 0.05) is 27.5 Å². The van der Waals surface area contributed by atoms with Crippen LogP contribution in [0, 0.1) is 0 Å². The van der Waals surface area contributed by atoms with Gasteiger partial charge in [-0.3, -0.25) is 0 Å². The van der Waals surface area contributed by atoms with Crippen molar-refractivity contribution >= 4 is 34.8 Å². The molecule has 0 amide bonds. The van der Waals surface area contributed by atoms with E-state index in [0.717, 1.165) is 11.1 Å². The largest absolute Gasteiger partial charge is 0.388 e. The summed E-state index contributed by atoms with van der Waals surface area (Å²) in [5, 5.41) is 12.2. The minimum Gasteiger partial charge on any atom is -0.388 e. The average Bonchev–Trinajstić information content (AvgIpc) is 2.42. The summed E-state index contributed by atoms with van der Waals surface area (Å²) >= 11 is 17.9. The summed E-state index contributed by atoms with van der Waals surface area (Å²) in [5.74, 6) is -0.305. The van der Waals surface area contributed by atoms with E-state index in [2.05, 4.69) is 0 Å². The van der Waals surface area contributed by atoms with Gasteiger partial charge in [0.25, 0.3) is 0 Å². The van der Waals surface area contributed by atoms with E-state index in [1.807, 2.05) is 0 Å². The van der Waals surface area contributed by atoms with Gasteiger partial charge in [-0.25, -0.2) is 0 Å². The van der Waals surface area contributed by atoms with Crippen molar-refractivity contribution in [1.82, 2.24) is 0 Å². The molecular formula is C15H14Cl3NO. The molecule has 0 aliphatic carbocycles. The Morgan fingerprint density at radius 2 is 1.55 bits per heavy atom. The molecule has 3 N–H and O–H groups in total. The van der Waals surface area contributed by atoms with Crippen LogP contribution in [0.15, 0.2) is 42.5 Å². The SMILES string of the molecule is NCC(c1ccc(Cl)cc1Cl)C(O)c1ccc(Cl)cc1. The lowest BCUT2D eigenvalue weighted by atomic mass is 9.89. The monoisotopic (exact) mass is 329 g/mol. The smallest absolute Gasteiger partial charge is 0.0871 e. The highest BCUT2D eigenvalue weighted by Crippen LogP contribution is 2.35. The first kappa shape index (κ1) is 15.6. The summed E-state index contributed by atoms with van der Waals surface area (Å²) in [6, 6.07) is 12.2. The molecule has 5 heteroatoms. The predicted octanol–water partition coefficient (Wildman–Crippen LogP) is 4.42. The summed E-state index contributed by atoms with van der Waals surface area (Å²) < 4.78 is 0. The maximum Gasteiger partial charge on any atom is 0.0871 e. The standard InChI is InChI=1S/C15H14Cl3NO/c16-10-3-1-9(2-4-10)15(20)13(8-19)12-6-5-11(17)7-14(12)18/h1-7,13,15,20H,8,19H2. The number of nitrogens with two attached hydrogens (primary N) is 1. The number of hydrogen-bond donors (Lipinski definition) is 2. The molecule has 0 aromatic heterocycles. The zero-order chi connectivity index (χ0) is 14.7. The lowest BCUT2D eigenvalue weighted by molar-refractivity contribution is 0.147. The van der Waals surface area contributed by atoms with Crippen LogP contribution in [0.4, 0.5) is 0 Å². The van der Waals surface area contributed by atoms with E-state index in [4.69, 9.17) is 40.5 Å². The van der Waals surface area contributed by atoms with Crippen molar-refractivity contribution in [3.05, 3.63) is 68.7 Å². The number of hydrogen-bond acceptors (Lipinski definition) is 2. The maximum atomic E-state index is 10.5. The molecule has 20 heavy (non-hydrogen) atoms. The summed E-state index contributed by atoms with van der Waals surface area (Å²) in [4.78, 5) is 0. The van der Waals surface area contributed by atoms with E-state index in [1.54, 1.807) is 42.5 Å². The van der Waals surface area contributed by atoms with Gasteiger partial charge < -0.3 is 10.8 Å². The Labute approximate surface area is 133 Å². The van der Waals surface area contributed by atoms with Crippen LogP contribution in [0.5, 0.6) is 0 Å². The third kappa shape index (κ3) is 3.46. The van der Waals surface area contributed by atoms with Crippen LogP contribution >= 0.6 is 34.8 Å². The van der Waals surface area contributed by atoms with Crippen molar-refractivity contribution in [1.29, 1.82) is 0 Å². The number of benzene rings is 2. The average molecular weight is 331 g/mol. The van der Waals surface area contributed by atoms with Gasteiger partial charge in [-0.1, -0.05) is 53.0 Å². The summed E-state index contributed by atoms with van der Waals surface area (Å²) in [6.07, 6.45) is -0.754. The second-order valence-corrected chi connectivity index (χ2v) is 5.78. The molecule has 0 aliphatic heterocycles. The lowest BCUT2D eigenvalue weighted by Crippen LogP contribution is -2.20. The minimum absolute atomic E-state index is 0.269. The Hall–Kier alpha value is -0.770. The molecule has 0 saturated carbocycles. The number of halogens is 3. The third-order valence-electron chi connectivity index (χ3n) is 3.21. The fraction of sp³-hybridized carbons (Fsp3) is 0.200. The van der Waals surface area contributed by atoms with E-state index >= 15 is 0 Å². The van der Waals surface area contributed by atoms with E-state index in [0.29, 0.717) is 15.1 Å². The molecule has 2 aromatic carbocycles. The maximum absolute atomic E-state index is 10.5. The van der Waals surface area contributed by atoms with E-state index in [1.165, 1.54) is 0 Å². The van der Waals surface area contributed by atoms with Gasteiger partial charge in [0.15, 0.2) is 0 Å². The molecule has 0 heterocycles. The fourth-order valence-corrected chi connectivity index (χ4v) is 2.80. The molecule has 2 atom stereocenters. The van der Waals surface area contributed by atoms with Crippen molar-refractivity contribution in [2.45, 2.75) is 12.0 Å². The topological polar surface area (TPSA) is 46.2 Å². The van der Waals surface area contributed by atoms with Crippen LogP contribution in [0.3, 0.4) is 0 Å². The molecule has 2 nitrogen and oxygen atoms in total. The van der Waals surface area contributed by atoms with Crippen molar-refractivity contribution in [2.24, 2.45) is 5.73 Å². The Morgan fingerprint density at radius 1 is 0.950 bits per heavy atom. The van der Waals surface area contributed by atoms with Gasteiger partial charge in [-0.05, 0) is 35.4 Å². The van der Waals surface area contributed by atoms with Crippen LogP contribution in [0.2, 0.25) is 15.1 Å².